The van der Waals surface area contributed by atoms with Crippen LogP contribution in [0.2, 0.25) is 10.0 Å². The minimum absolute atomic E-state index is 0.0373. The Kier molecular flexibility index (Phi) is 6.39. The number of benzene rings is 1. The van der Waals surface area contributed by atoms with Gasteiger partial charge in [0.2, 0.25) is 10.0 Å². The molecular weight excluding hydrogens is 307 g/mol. The van der Waals surface area contributed by atoms with Gasteiger partial charge in [0, 0.05) is 6.04 Å². The first-order valence-electron chi connectivity index (χ1n) is 6.00. The molecule has 0 spiro atoms. The lowest BCUT2D eigenvalue weighted by Crippen LogP contribution is -2.26. The summed E-state index contributed by atoms with van der Waals surface area (Å²) in [7, 11) is -3.40. The van der Waals surface area contributed by atoms with Gasteiger partial charge >= 0.3 is 0 Å². The minimum atomic E-state index is -3.40. The molecule has 0 saturated heterocycles. The third-order valence-electron chi connectivity index (χ3n) is 2.36. The highest BCUT2D eigenvalue weighted by Gasteiger charge is 2.13. The van der Waals surface area contributed by atoms with Crippen molar-refractivity contribution in [2.24, 2.45) is 0 Å². The van der Waals surface area contributed by atoms with Crippen LogP contribution in [0.3, 0.4) is 0 Å². The second-order valence-corrected chi connectivity index (χ2v) is 7.11. The Balaban J connectivity index is 2.57. The van der Waals surface area contributed by atoms with Crippen LogP contribution in [-0.4, -0.2) is 26.8 Å². The molecule has 4 nitrogen and oxygen atoms in total. The first-order chi connectivity index (χ1) is 8.82. The fourth-order valence-electron chi connectivity index (χ4n) is 1.45. The SMILES string of the molecule is CC(C)NCCCS(=O)(=O)Nc1cccc(Cl)c1Cl. The molecule has 0 radical (unpaired) electrons. The molecule has 0 amide bonds. The molecule has 0 aliphatic heterocycles. The Labute approximate surface area is 124 Å². The van der Waals surface area contributed by atoms with Crippen molar-refractivity contribution in [1.82, 2.24) is 5.32 Å². The number of sulfonamides is 1. The highest BCUT2D eigenvalue weighted by molar-refractivity contribution is 7.92. The molecule has 1 rings (SSSR count). The normalized spacial score (nSPS) is 11.8. The smallest absolute Gasteiger partial charge is 0.232 e. The van der Waals surface area contributed by atoms with Crippen LogP contribution in [0.15, 0.2) is 18.2 Å². The van der Waals surface area contributed by atoms with E-state index >= 15 is 0 Å². The van der Waals surface area contributed by atoms with Gasteiger partial charge in [0.15, 0.2) is 0 Å². The molecule has 2 N–H and O–H groups in total. The van der Waals surface area contributed by atoms with Crippen LogP contribution in [0, 0.1) is 0 Å². The van der Waals surface area contributed by atoms with Crippen molar-refractivity contribution in [2.75, 3.05) is 17.0 Å². The summed E-state index contributed by atoms with van der Waals surface area (Å²) in [4.78, 5) is 0. The third-order valence-corrected chi connectivity index (χ3v) is 4.54. The van der Waals surface area contributed by atoms with Crippen molar-refractivity contribution in [2.45, 2.75) is 26.3 Å². The van der Waals surface area contributed by atoms with Crippen LogP contribution in [0.4, 0.5) is 5.69 Å². The number of nitrogens with one attached hydrogen (secondary N) is 2. The second-order valence-electron chi connectivity index (χ2n) is 4.48. The number of rotatable bonds is 7. The van der Waals surface area contributed by atoms with Gasteiger partial charge in [-0.05, 0) is 25.1 Å². The number of hydrogen-bond acceptors (Lipinski definition) is 3. The molecule has 108 valence electrons. The van der Waals surface area contributed by atoms with Gasteiger partial charge < -0.3 is 5.32 Å². The topological polar surface area (TPSA) is 58.2 Å². The lowest BCUT2D eigenvalue weighted by Gasteiger charge is -2.11. The predicted molar refractivity (Wildman–Crippen MR) is 81.6 cm³/mol. The summed E-state index contributed by atoms with van der Waals surface area (Å²) in [6, 6.07) is 5.18. The maximum atomic E-state index is 11.9. The van der Waals surface area contributed by atoms with E-state index in [0.717, 1.165) is 0 Å². The Morgan fingerprint density at radius 1 is 1.26 bits per heavy atom. The largest absolute Gasteiger partial charge is 0.314 e. The van der Waals surface area contributed by atoms with E-state index in [4.69, 9.17) is 23.2 Å². The second kappa shape index (κ2) is 7.33. The quantitative estimate of drug-likeness (QED) is 0.757. The summed E-state index contributed by atoms with van der Waals surface area (Å²) in [5, 5.41) is 3.70. The zero-order valence-electron chi connectivity index (χ0n) is 10.9. The Bertz CT molecular complexity index is 518. The van der Waals surface area contributed by atoms with Gasteiger partial charge in [0.25, 0.3) is 0 Å². The van der Waals surface area contributed by atoms with Crippen molar-refractivity contribution in [3.63, 3.8) is 0 Å². The minimum Gasteiger partial charge on any atom is -0.314 e. The van der Waals surface area contributed by atoms with E-state index in [2.05, 4.69) is 10.0 Å². The van der Waals surface area contributed by atoms with E-state index in [9.17, 15) is 8.42 Å². The molecular formula is C12H18Cl2N2O2S. The van der Waals surface area contributed by atoms with Gasteiger partial charge in [-0.1, -0.05) is 43.1 Å². The van der Waals surface area contributed by atoms with E-state index in [-0.39, 0.29) is 10.8 Å². The van der Waals surface area contributed by atoms with Crippen molar-refractivity contribution in [3.05, 3.63) is 28.2 Å². The van der Waals surface area contributed by atoms with E-state index in [1.165, 1.54) is 0 Å². The van der Waals surface area contributed by atoms with Crippen LogP contribution in [0.1, 0.15) is 20.3 Å². The van der Waals surface area contributed by atoms with Gasteiger partial charge in [-0.25, -0.2) is 8.42 Å². The molecule has 0 heterocycles. The molecule has 0 saturated carbocycles. The van der Waals surface area contributed by atoms with Crippen LogP contribution in [0.25, 0.3) is 0 Å². The molecule has 0 aromatic heterocycles. The first-order valence-corrected chi connectivity index (χ1v) is 8.40. The Morgan fingerprint density at radius 3 is 2.58 bits per heavy atom. The van der Waals surface area contributed by atoms with Crippen LogP contribution >= 0.6 is 23.2 Å². The lowest BCUT2D eigenvalue weighted by atomic mass is 10.3. The van der Waals surface area contributed by atoms with Crippen molar-refractivity contribution in [3.8, 4) is 0 Å². The molecule has 19 heavy (non-hydrogen) atoms. The molecule has 1 aromatic carbocycles. The van der Waals surface area contributed by atoms with E-state index in [1.54, 1.807) is 18.2 Å². The number of halogens is 2. The first kappa shape index (κ1) is 16.6. The van der Waals surface area contributed by atoms with Gasteiger partial charge in [0.1, 0.15) is 0 Å². The third kappa shape index (κ3) is 5.99. The maximum Gasteiger partial charge on any atom is 0.232 e. The van der Waals surface area contributed by atoms with Gasteiger partial charge in [-0.15, -0.1) is 0 Å². The summed E-state index contributed by atoms with van der Waals surface area (Å²) in [5.74, 6) is 0.0373. The number of anilines is 1. The van der Waals surface area contributed by atoms with E-state index in [0.29, 0.717) is 29.7 Å². The monoisotopic (exact) mass is 324 g/mol. The summed E-state index contributed by atoms with van der Waals surface area (Å²) in [6.07, 6.45) is 0.533. The predicted octanol–water partition coefficient (Wildman–Crippen LogP) is 3.12. The molecule has 1 aromatic rings. The highest BCUT2D eigenvalue weighted by Crippen LogP contribution is 2.30. The zero-order chi connectivity index (χ0) is 14.5. The molecule has 0 fully saturated rings. The molecule has 0 atom stereocenters. The molecule has 0 bridgehead atoms. The van der Waals surface area contributed by atoms with Gasteiger partial charge in [-0.3, -0.25) is 4.72 Å². The van der Waals surface area contributed by atoms with Gasteiger partial charge in [0.05, 0.1) is 21.5 Å². The molecule has 0 aliphatic carbocycles. The molecule has 0 unspecified atom stereocenters. The lowest BCUT2D eigenvalue weighted by molar-refractivity contribution is 0.571. The Morgan fingerprint density at radius 2 is 1.95 bits per heavy atom. The maximum absolute atomic E-state index is 11.9. The highest BCUT2D eigenvalue weighted by atomic mass is 35.5. The van der Waals surface area contributed by atoms with Crippen molar-refractivity contribution >= 4 is 38.9 Å². The fourth-order valence-corrected chi connectivity index (χ4v) is 2.99. The van der Waals surface area contributed by atoms with E-state index in [1.807, 2.05) is 13.8 Å². The van der Waals surface area contributed by atoms with Crippen molar-refractivity contribution in [1.29, 1.82) is 0 Å². The van der Waals surface area contributed by atoms with Crippen LogP contribution < -0.4 is 10.0 Å². The summed E-state index contributed by atoms with van der Waals surface area (Å²) >= 11 is 11.8. The summed E-state index contributed by atoms with van der Waals surface area (Å²) in [6.45, 7) is 4.68. The average molecular weight is 325 g/mol. The van der Waals surface area contributed by atoms with Crippen LogP contribution in [0.5, 0.6) is 0 Å². The van der Waals surface area contributed by atoms with Gasteiger partial charge in [-0.2, -0.15) is 0 Å². The molecule has 7 heteroatoms. The van der Waals surface area contributed by atoms with E-state index < -0.39 is 10.0 Å². The van der Waals surface area contributed by atoms with Crippen LogP contribution in [-0.2, 0) is 10.0 Å². The van der Waals surface area contributed by atoms with Crippen molar-refractivity contribution < 1.29 is 8.42 Å². The molecule has 0 aliphatic rings. The average Bonchev–Trinajstić information content (AvgIpc) is 2.30. The number of hydrogen-bond donors (Lipinski definition) is 2. The summed E-state index contributed by atoms with van der Waals surface area (Å²) in [5.41, 5.74) is 0.311. The zero-order valence-corrected chi connectivity index (χ0v) is 13.2. The fraction of sp³-hybridized carbons (Fsp3) is 0.500. The summed E-state index contributed by atoms with van der Waals surface area (Å²) < 4.78 is 26.2. The Hall–Kier alpha value is -0.490. The standard InChI is InChI=1S/C12H18Cl2N2O2S/c1-9(2)15-7-4-8-19(17,18)16-11-6-3-5-10(13)12(11)14/h3,5-6,9,15-16H,4,7-8H2,1-2H3.